The predicted molar refractivity (Wildman–Crippen MR) is 106 cm³/mol. The lowest BCUT2D eigenvalue weighted by Crippen LogP contribution is -2.33. The Morgan fingerprint density at radius 2 is 1.69 bits per heavy atom. The van der Waals surface area contributed by atoms with Crippen LogP contribution in [0.15, 0.2) is 59.1 Å². The molecule has 3 aromatic rings. The number of carbonyl (C=O) groups is 2. The molecule has 150 valence electrons. The number of methoxy groups -OCH3 is 1. The molecule has 0 fully saturated rings. The van der Waals surface area contributed by atoms with Gasteiger partial charge in [-0.1, -0.05) is 47.6 Å². The molecule has 1 heterocycles. The van der Waals surface area contributed by atoms with Crippen molar-refractivity contribution >= 4 is 11.9 Å². The topological polar surface area (TPSA) is 90.7 Å². The van der Waals surface area contributed by atoms with Gasteiger partial charge in [0.05, 0.1) is 18.8 Å². The zero-order chi connectivity index (χ0) is 20.8. The van der Waals surface area contributed by atoms with Crippen molar-refractivity contribution in [2.24, 2.45) is 0 Å². The van der Waals surface area contributed by atoms with Gasteiger partial charge >= 0.3 is 5.97 Å². The number of hydrogen-bond donors (Lipinski definition) is 1. The smallest absolute Gasteiger partial charge is 0.344 e. The highest BCUT2D eigenvalue weighted by atomic mass is 16.5. The SMILES string of the molecule is COc1ccc([C@@H](NC(=O)COC(=O)c2c(C)noc2C)c2ccccc2)cc1. The number of benzene rings is 2. The Bertz CT molecular complexity index is 961. The summed E-state index contributed by atoms with van der Waals surface area (Å²) in [7, 11) is 1.60. The van der Waals surface area contributed by atoms with Crippen molar-refractivity contribution in [3.8, 4) is 5.75 Å². The van der Waals surface area contributed by atoms with E-state index in [1.165, 1.54) is 0 Å². The lowest BCUT2D eigenvalue weighted by Gasteiger charge is -2.20. The summed E-state index contributed by atoms with van der Waals surface area (Å²) in [6.07, 6.45) is 0. The number of hydrogen-bond acceptors (Lipinski definition) is 6. The second kappa shape index (κ2) is 9.05. The first kappa shape index (κ1) is 20.1. The van der Waals surface area contributed by atoms with Crippen molar-refractivity contribution in [3.05, 3.63) is 82.7 Å². The zero-order valence-corrected chi connectivity index (χ0v) is 16.5. The summed E-state index contributed by atoms with van der Waals surface area (Å²) in [5, 5.41) is 6.64. The first-order chi connectivity index (χ1) is 14.0. The van der Waals surface area contributed by atoms with Gasteiger partial charge in [-0.15, -0.1) is 0 Å². The molecule has 0 saturated carbocycles. The van der Waals surface area contributed by atoms with Crippen molar-refractivity contribution in [1.82, 2.24) is 10.5 Å². The molecule has 0 bridgehead atoms. The van der Waals surface area contributed by atoms with Gasteiger partial charge in [-0.05, 0) is 37.1 Å². The van der Waals surface area contributed by atoms with Gasteiger partial charge in [-0.3, -0.25) is 4.79 Å². The molecule has 7 heteroatoms. The van der Waals surface area contributed by atoms with Crippen LogP contribution >= 0.6 is 0 Å². The molecule has 7 nitrogen and oxygen atoms in total. The monoisotopic (exact) mass is 394 g/mol. The molecular formula is C22H22N2O5. The maximum atomic E-state index is 12.5. The number of nitrogens with one attached hydrogen (secondary N) is 1. The van der Waals surface area contributed by atoms with E-state index in [4.69, 9.17) is 14.0 Å². The Kier molecular flexibility index (Phi) is 6.29. The molecular weight excluding hydrogens is 372 g/mol. The van der Waals surface area contributed by atoms with E-state index in [0.29, 0.717) is 11.5 Å². The minimum atomic E-state index is -0.642. The van der Waals surface area contributed by atoms with Gasteiger partial charge in [-0.2, -0.15) is 0 Å². The van der Waals surface area contributed by atoms with E-state index >= 15 is 0 Å². The van der Waals surface area contributed by atoms with E-state index in [0.717, 1.165) is 16.9 Å². The Morgan fingerprint density at radius 3 is 2.28 bits per heavy atom. The van der Waals surface area contributed by atoms with Gasteiger partial charge < -0.3 is 19.3 Å². The fraction of sp³-hybridized carbons (Fsp3) is 0.227. The lowest BCUT2D eigenvalue weighted by atomic mass is 9.98. The van der Waals surface area contributed by atoms with E-state index in [1.54, 1.807) is 21.0 Å². The first-order valence-corrected chi connectivity index (χ1v) is 9.08. The number of carbonyl (C=O) groups excluding carboxylic acids is 2. The Labute approximate surface area is 168 Å². The maximum Gasteiger partial charge on any atom is 0.344 e. The summed E-state index contributed by atoms with van der Waals surface area (Å²) < 4.78 is 15.3. The van der Waals surface area contributed by atoms with Crippen LogP contribution in [0.1, 0.15) is 39.0 Å². The number of aromatic nitrogens is 1. The number of esters is 1. The minimum absolute atomic E-state index is 0.243. The molecule has 1 N–H and O–H groups in total. The average molecular weight is 394 g/mol. The van der Waals surface area contributed by atoms with Gasteiger partial charge in [0, 0.05) is 0 Å². The van der Waals surface area contributed by atoms with Crippen molar-refractivity contribution in [3.63, 3.8) is 0 Å². The number of amides is 1. The fourth-order valence-corrected chi connectivity index (χ4v) is 2.98. The van der Waals surface area contributed by atoms with Crippen molar-refractivity contribution in [2.45, 2.75) is 19.9 Å². The van der Waals surface area contributed by atoms with Crippen LogP contribution in [0.5, 0.6) is 5.75 Å². The normalized spacial score (nSPS) is 11.6. The lowest BCUT2D eigenvalue weighted by molar-refractivity contribution is -0.124. The van der Waals surface area contributed by atoms with E-state index in [-0.39, 0.29) is 5.56 Å². The predicted octanol–water partition coefficient (Wildman–Crippen LogP) is 3.36. The summed E-state index contributed by atoms with van der Waals surface area (Å²) in [6, 6.07) is 16.6. The Morgan fingerprint density at radius 1 is 1.03 bits per heavy atom. The second-order valence-corrected chi connectivity index (χ2v) is 6.46. The molecule has 1 atom stereocenters. The van der Waals surface area contributed by atoms with Crippen LogP contribution in [-0.2, 0) is 9.53 Å². The summed E-state index contributed by atoms with van der Waals surface area (Å²) in [6.45, 7) is 2.84. The molecule has 1 amide bonds. The molecule has 1 aromatic heterocycles. The molecule has 0 aliphatic heterocycles. The third kappa shape index (κ3) is 4.82. The van der Waals surface area contributed by atoms with Crippen LogP contribution in [0.2, 0.25) is 0 Å². The molecule has 29 heavy (non-hydrogen) atoms. The Hall–Kier alpha value is -3.61. The summed E-state index contributed by atoms with van der Waals surface area (Å²) >= 11 is 0. The molecule has 0 spiro atoms. The summed E-state index contributed by atoms with van der Waals surface area (Å²) in [4.78, 5) is 24.7. The number of ether oxygens (including phenoxy) is 2. The highest BCUT2D eigenvalue weighted by Gasteiger charge is 2.22. The molecule has 0 saturated heterocycles. The van der Waals surface area contributed by atoms with Crippen LogP contribution < -0.4 is 10.1 Å². The second-order valence-electron chi connectivity index (χ2n) is 6.46. The molecule has 0 aliphatic carbocycles. The van der Waals surface area contributed by atoms with Crippen LogP contribution in [-0.4, -0.2) is 30.7 Å². The molecule has 3 rings (SSSR count). The zero-order valence-electron chi connectivity index (χ0n) is 16.5. The molecule has 2 aromatic carbocycles. The number of aryl methyl sites for hydroxylation is 2. The maximum absolute atomic E-state index is 12.5. The van der Waals surface area contributed by atoms with Crippen molar-refractivity contribution < 1.29 is 23.6 Å². The van der Waals surface area contributed by atoms with E-state index in [2.05, 4.69) is 10.5 Å². The average Bonchev–Trinajstić information content (AvgIpc) is 3.09. The fourth-order valence-electron chi connectivity index (χ4n) is 2.98. The van der Waals surface area contributed by atoms with Gasteiger partial charge in [0.1, 0.15) is 17.1 Å². The van der Waals surface area contributed by atoms with E-state index in [1.807, 2.05) is 54.6 Å². The van der Waals surface area contributed by atoms with Gasteiger partial charge in [0.2, 0.25) is 0 Å². The number of rotatable bonds is 7. The molecule has 0 aliphatic rings. The third-order valence-corrected chi connectivity index (χ3v) is 4.46. The molecule has 0 radical (unpaired) electrons. The highest BCUT2D eigenvalue weighted by Crippen LogP contribution is 2.24. The van der Waals surface area contributed by atoms with Crippen LogP contribution in [0.4, 0.5) is 0 Å². The third-order valence-electron chi connectivity index (χ3n) is 4.46. The quantitative estimate of drug-likeness (QED) is 0.618. The van der Waals surface area contributed by atoms with Gasteiger partial charge in [-0.25, -0.2) is 4.79 Å². The minimum Gasteiger partial charge on any atom is -0.497 e. The van der Waals surface area contributed by atoms with Gasteiger partial charge in [0.15, 0.2) is 6.61 Å². The Balaban J connectivity index is 1.72. The molecule has 0 unspecified atom stereocenters. The summed E-state index contributed by atoms with van der Waals surface area (Å²) in [5.41, 5.74) is 2.45. The van der Waals surface area contributed by atoms with Crippen molar-refractivity contribution in [2.75, 3.05) is 13.7 Å². The van der Waals surface area contributed by atoms with Gasteiger partial charge in [0.25, 0.3) is 5.91 Å². The van der Waals surface area contributed by atoms with E-state index < -0.39 is 24.5 Å². The van der Waals surface area contributed by atoms with E-state index in [9.17, 15) is 9.59 Å². The van der Waals surface area contributed by atoms with Crippen LogP contribution in [0.3, 0.4) is 0 Å². The standard InChI is InChI=1S/C22H22N2O5/c1-14-20(15(2)29-24-14)22(26)28-13-19(25)23-21(16-7-5-4-6-8-16)17-9-11-18(27-3)12-10-17/h4-12,21H,13H2,1-3H3,(H,23,25)/t21-/m0/s1. The summed E-state index contributed by atoms with van der Waals surface area (Å²) in [5.74, 6) is 0.0143. The van der Waals surface area contributed by atoms with Crippen molar-refractivity contribution in [1.29, 1.82) is 0 Å². The number of nitrogens with zero attached hydrogens (tertiary/aromatic N) is 1. The van der Waals surface area contributed by atoms with Crippen LogP contribution in [0, 0.1) is 13.8 Å². The highest BCUT2D eigenvalue weighted by molar-refractivity contribution is 5.93. The largest absolute Gasteiger partial charge is 0.497 e. The first-order valence-electron chi connectivity index (χ1n) is 9.08. The van der Waals surface area contributed by atoms with Crippen LogP contribution in [0.25, 0.3) is 0 Å².